The summed E-state index contributed by atoms with van der Waals surface area (Å²) in [6.07, 6.45) is 4.50. The van der Waals surface area contributed by atoms with Gasteiger partial charge < -0.3 is 5.11 Å². The summed E-state index contributed by atoms with van der Waals surface area (Å²) in [5.74, 6) is 0.280. The van der Waals surface area contributed by atoms with Crippen LogP contribution in [0.15, 0.2) is 46.2 Å². The number of nitrogens with zero attached hydrogens (tertiary/aromatic N) is 1. The molecule has 1 unspecified atom stereocenters. The summed E-state index contributed by atoms with van der Waals surface area (Å²) in [5.41, 5.74) is 3.08. The van der Waals surface area contributed by atoms with E-state index in [0.29, 0.717) is 6.54 Å². The average molecular weight is 364 g/mol. The minimum Gasteiger partial charge on any atom is -0.508 e. The Labute approximate surface area is 151 Å². The number of hydrogen-bond acceptors (Lipinski definition) is 3. The van der Waals surface area contributed by atoms with E-state index in [0.717, 1.165) is 46.0 Å². The lowest BCUT2D eigenvalue weighted by atomic mass is 10.0. The molecule has 3 nitrogen and oxygen atoms in total. The van der Waals surface area contributed by atoms with Crippen molar-refractivity contribution in [3.63, 3.8) is 0 Å². The SMILES string of the molecule is Cl.O=S1c2ccccc2Cc2ccc(O)c(CN3CCCCC3)c21. The van der Waals surface area contributed by atoms with Crippen LogP contribution >= 0.6 is 12.4 Å². The van der Waals surface area contributed by atoms with Crippen LogP contribution < -0.4 is 0 Å². The Kier molecular flexibility index (Phi) is 5.28. The highest BCUT2D eigenvalue weighted by atomic mass is 35.5. The summed E-state index contributed by atoms with van der Waals surface area (Å²) < 4.78 is 13.1. The number of rotatable bonds is 2. The fraction of sp³-hybridized carbons (Fsp3) is 0.368. The van der Waals surface area contributed by atoms with Gasteiger partial charge in [-0.15, -0.1) is 12.4 Å². The Hall–Kier alpha value is -1.36. The third kappa shape index (κ3) is 3.10. The number of aromatic hydroxyl groups is 1. The van der Waals surface area contributed by atoms with Crippen LogP contribution in [-0.4, -0.2) is 27.3 Å². The van der Waals surface area contributed by atoms with Crippen LogP contribution in [-0.2, 0) is 23.8 Å². The number of piperidine rings is 1. The lowest BCUT2D eigenvalue weighted by molar-refractivity contribution is 0.217. The van der Waals surface area contributed by atoms with Crippen molar-refractivity contribution in [2.45, 2.75) is 42.0 Å². The van der Waals surface area contributed by atoms with E-state index in [1.54, 1.807) is 6.07 Å². The maximum atomic E-state index is 13.1. The van der Waals surface area contributed by atoms with Gasteiger partial charge in [-0.05, 0) is 55.6 Å². The summed E-state index contributed by atoms with van der Waals surface area (Å²) >= 11 is 0. The maximum absolute atomic E-state index is 13.1. The third-order valence-corrected chi connectivity index (χ3v) is 6.56. The highest BCUT2D eigenvalue weighted by Crippen LogP contribution is 2.37. The molecule has 0 radical (unpaired) electrons. The molecule has 4 rings (SSSR count). The molecule has 0 aromatic heterocycles. The lowest BCUT2D eigenvalue weighted by Gasteiger charge is -2.29. The Bertz CT molecular complexity index is 772. The molecule has 1 saturated heterocycles. The number of fused-ring (bicyclic) bond motifs is 2. The minimum absolute atomic E-state index is 0. The highest BCUT2D eigenvalue weighted by molar-refractivity contribution is 7.85. The number of likely N-dealkylation sites (tertiary alicyclic amines) is 1. The van der Waals surface area contributed by atoms with E-state index in [4.69, 9.17) is 0 Å². The first kappa shape index (κ1) is 17.5. The number of phenolic OH excluding ortho intramolecular Hbond substituents is 1. The van der Waals surface area contributed by atoms with Gasteiger partial charge in [-0.1, -0.05) is 30.7 Å². The topological polar surface area (TPSA) is 40.5 Å². The van der Waals surface area contributed by atoms with E-state index >= 15 is 0 Å². The van der Waals surface area contributed by atoms with E-state index in [1.807, 2.05) is 30.3 Å². The zero-order chi connectivity index (χ0) is 15.8. The van der Waals surface area contributed by atoms with Crippen LogP contribution in [0, 0.1) is 0 Å². The Morgan fingerprint density at radius 3 is 2.54 bits per heavy atom. The first-order chi connectivity index (χ1) is 11.2. The zero-order valence-electron chi connectivity index (χ0n) is 13.5. The molecule has 5 heteroatoms. The summed E-state index contributed by atoms with van der Waals surface area (Å²) in [6.45, 7) is 2.82. The van der Waals surface area contributed by atoms with Gasteiger partial charge in [0, 0.05) is 17.0 Å². The van der Waals surface area contributed by atoms with Crippen LogP contribution in [0.25, 0.3) is 0 Å². The summed E-state index contributed by atoms with van der Waals surface area (Å²) in [7, 11) is -1.20. The lowest BCUT2D eigenvalue weighted by Crippen LogP contribution is -2.30. The molecule has 24 heavy (non-hydrogen) atoms. The van der Waals surface area contributed by atoms with Crippen molar-refractivity contribution < 1.29 is 9.32 Å². The van der Waals surface area contributed by atoms with Gasteiger partial charge in [-0.3, -0.25) is 4.90 Å². The molecule has 2 aromatic carbocycles. The van der Waals surface area contributed by atoms with Crippen LogP contribution in [0.2, 0.25) is 0 Å². The Balaban J connectivity index is 0.00000169. The van der Waals surface area contributed by atoms with Gasteiger partial charge in [-0.2, -0.15) is 0 Å². The molecule has 0 spiro atoms. The van der Waals surface area contributed by atoms with Gasteiger partial charge >= 0.3 is 0 Å². The maximum Gasteiger partial charge on any atom is 0.121 e. The molecule has 1 N–H and O–H groups in total. The Morgan fingerprint density at radius 2 is 1.75 bits per heavy atom. The molecule has 0 aliphatic carbocycles. The molecule has 0 saturated carbocycles. The fourth-order valence-electron chi connectivity index (χ4n) is 3.68. The predicted molar refractivity (Wildman–Crippen MR) is 98.4 cm³/mol. The molecule has 1 atom stereocenters. The van der Waals surface area contributed by atoms with Crippen molar-refractivity contribution >= 4 is 23.2 Å². The molecule has 128 valence electrons. The van der Waals surface area contributed by atoms with Gasteiger partial charge in [0.15, 0.2) is 0 Å². The third-order valence-electron chi connectivity index (χ3n) is 4.89. The van der Waals surface area contributed by atoms with Crippen molar-refractivity contribution in [3.05, 3.63) is 53.1 Å². The van der Waals surface area contributed by atoms with E-state index in [-0.39, 0.29) is 18.2 Å². The van der Waals surface area contributed by atoms with Crippen LogP contribution in [0.3, 0.4) is 0 Å². The summed E-state index contributed by atoms with van der Waals surface area (Å²) in [4.78, 5) is 4.11. The van der Waals surface area contributed by atoms with Crippen LogP contribution in [0.1, 0.15) is 36.0 Å². The minimum atomic E-state index is -1.20. The largest absolute Gasteiger partial charge is 0.508 e. The van der Waals surface area contributed by atoms with E-state index < -0.39 is 10.8 Å². The van der Waals surface area contributed by atoms with E-state index in [1.165, 1.54) is 19.3 Å². The first-order valence-corrected chi connectivity index (χ1v) is 9.45. The van der Waals surface area contributed by atoms with Crippen LogP contribution in [0.4, 0.5) is 0 Å². The highest BCUT2D eigenvalue weighted by Gasteiger charge is 2.27. The second-order valence-corrected chi connectivity index (χ2v) is 7.83. The number of phenols is 1. The summed E-state index contributed by atoms with van der Waals surface area (Å²) in [6, 6.07) is 11.6. The molecule has 2 aliphatic rings. The second kappa shape index (κ2) is 7.26. The monoisotopic (exact) mass is 363 g/mol. The quantitative estimate of drug-likeness (QED) is 0.751. The van der Waals surface area contributed by atoms with Crippen molar-refractivity contribution in [1.29, 1.82) is 0 Å². The summed E-state index contributed by atoms with van der Waals surface area (Å²) in [5, 5.41) is 10.4. The fourth-order valence-corrected chi connectivity index (χ4v) is 5.25. The normalized spacial score (nSPS) is 19.9. The average Bonchev–Trinajstić information content (AvgIpc) is 2.59. The van der Waals surface area contributed by atoms with Gasteiger partial charge in [-0.25, -0.2) is 4.21 Å². The molecular formula is C19H22ClNO2S. The van der Waals surface area contributed by atoms with Crippen LogP contribution in [0.5, 0.6) is 5.75 Å². The molecule has 0 amide bonds. The molecular weight excluding hydrogens is 342 g/mol. The number of halogens is 1. The van der Waals surface area contributed by atoms with Crippen molar-refractivity contribution in [3.8, 4) is 5.75 Å². The van der Waals surface area contributed by atoms with Crippen molar-refractivity contribution in [2.24, 2.45) is 0 Å². The molecule has 1 fully saturated rings. The molecule has 2 aromatic rings. The van der Waals surface area contributed by atoms with Crippen molar-refractivity contribution in [1.82, 2.24) is 4.90 Å². The molecule has 2 aliphatic heterocycles. The van der Waals surface area contributed by atoms with E-state index in [2.05, 4.69) is 4.90 Å². The number of hydrogen-bond donors (Lipinski definition) is 1. The molecule has 0 bridgehead atoms. The van der Waals surface area contributed by atoms with E-state index in [9.17, 15) is 9.32 Å². The zero-order valence-corrected chi connectivity index (χ0v) is 15.2. The van der Waals surface area contributed by atoms with Gasteiger partial charge in [0.05, 0.1) is 15.7 Å². The second-order valence-electron chi connectivity index (χ2n) is 6.44. The predicted octanol–water partition coefficient (Wildman–Crippen LogP) is 3.87. The Morgan fingerprint density at radius 1 is 1.00 bits per heavy atom. The van der Waals surface area contributed by atoms with Gasteiger partial charge in [0.25, 0.3) is 0 Å². The molecule has 2 heterocycles. The standard InChI is InChI=1S/C19H21NO2S.ClH/c21-17-9-8-15-12-14-6-2-3-7-18(14)23(22)19(15)16(17)13-20-10-4-1-5-11-20;/h2-3,6-9,21H,1,4-5,10-13H2;1H. The van der Waals surface area contributed by atoms with Gasteiger partial charge in [0.2, 0.25) is 0 Å². The van der Waals surface area contributed by atoms with Gasteiger partial charge in [0.1, 0.15) is 5.75 Å². The first-order valence-electron chi connectivity index (χ1n) is 8.30. The number of benzene rings is 2. The van der Waals surface area contributed by atoms with Crippen molar-refractivity contribution in [2.75, 3.05) is 13.1 Å². The smallest absolute Gasteiger partial charge is 0.121 e.